The zero-order chi connectivity index (χ0) is 22.4. The Kier molecular flexibility index (Phi) is 5.23. The number of carboxylic acids is 1. The summed E-state index contributed by atoms with van der Waals surface area (Å²) >= 11 is 6.16. The van der Waals surface area contributed by atoms with E-state index in [9.17, 15) is 14.4 Å². The lowest BCUT2D eigenvalue weighted by Crippen LogP contribution is -2.51. The smallest absolute Gasteiger partial charge is 0.317 e. The molecule has 7 nitrogen and oxygen atoms in total. The van der Waals surface area contributed by atoms with E-state index in [1.54, 1.807) is 30.3 Å². The molecule has 2 N–H and O–H groups in total. The first-order chi connectivity index (χ1) is 15.4. The fourth-order valence-corrected chi connectivity index (χ4v) is 4.98. The Morgan fingerprint density at radius 1 is 1.12 bits per heavy atom. The topological polar surface area (TPSA) is 89.9 Å². The van der Waals surface area contributed by atoms with E-state index in [0.717, 1.165) is 18.4 Å². The molecule has 2 heterocycles. The molecule has 164 valence electrons. The normalized spacial score (nSPS) is 20.5. The SMILES string of the molecule is O=C(O)CN1CCC(Nc2ccc3c4c2C(=O)N(c2cccc(Cl)c2)C(C=C3)C4=O)CC1. The van der Waals surface area contributed by atoms with Crippen molar-refractivity contribution < 1.29 is 19.5 Å². The van der Waals surface area contributed by atoms with E-state index in [2.05, 4.69) is 5.32 Å². The summed E-state index contributed by atoms with van der Waals surface area (Å²) in [5.74, 6) is -1.16. The number of fused-ring (bicyclic) bond motifs is 1. The number of rotatable bonds is 5. The number of anilines is 2. The average molecular weight is 452 g/mol. The zero-order valence-corrected chi connectivity index (χ0v) is 18.0. The minimum absolute atomic E-state index is 0.0339. The van der Waals surface area contributed by atoms with E-state index in [4.69, 9.17) is 16.7 Å². The predicted molar refractivity (Wildman–Crippen MR) is 123 cm³/mol. The lowest BCUT2D eigenvalue weighted by molar-refractivity contribution is -0.138. The number of ketones is 1. The summed E-state index contributed by atoms with van der Waals surface area (Å²) in [5.41, 5.74) is 2.83. The quantitative estimate of drug-likeness (QED) is 0.722. The number of likely N-dealkylation sites (tertiary alicyclic amines) is 1. The van der Waals surface area contributed by atoms with Crippen molar-refractivity contribution >= 4 is 46.7 Å². The molecular formula is C24H22ClN3O4. The van der Waals surface area contributed by atoms with Crippen LogP contribution in [-0.2, 0) is 4.79 Å². The summed E-state index contributed by atoms with van der Waals surface area (Å²) in [4.78, 5) is 41.4. The number of carboxylic acid groups (broad SMARTS) is 1. The van der Waals surface area contributed by atoms with Crippen LogP contribution in [0.4, 0.5) is 11.4 Å². The van der Waals surface area contributed by atoms with Gasteiger partial charge in [0.05, 0.1) is 12.1 Å². The number of Topliss-reactive ketones (excluding diaryl/α,β-unsaturated/α-hetero) is 1. The molecule has 0 radical (unpaired) electrons. The maximum absolute atomic E-state index is 13.7. The van der Waals surface area contributed by atoms with Crippen molar-refractivity contribution in [3.63, 3.8) is 0 Å². The molecule has 2 aliphatic heterocycles. The minimum atomic E-state index is -0.830. The maximum Gasteiger partial charge on any atom is 0.317 e. The Balaban J connectivity index is 1.47. The van der Waals surface area contributed by atoms with Gasteiger partial charge in [-0.2, -0.15) is 0 Å². The molecule has 0 spiro atoms. The minimum Gasteiger partial charge on any atom is -0.480 e. The van der Waals surface area contributed by atoms with Gasteiger partial charge in [-0.15, -0.1) is 0 Å². The van der Waals surface area contributed by atoms with Crippen molar-refractivity contribution in [2.75, 3.05) is 29.9 Å². The molecule has 3 aliphatic rings. The molecule has 1 aliphatic carbocycles. The lowest BCUT2D eigenvalue weighted by Gasteiger charge is -2.38. The van der Waals surface area contributed by atoms with Crippen molar-refractivity contribution in [1.29, 1.82) is 0 Å². The van der Waals surface area contributed by atoms with Crippen LogP contribution in [0.5, 0.6) is 0 Å². The van der Waals surface area contributed by atoms with Crippen LogP contribution in [0.2, 0.25) is 5.02 Å². The predicted octanol–water partition coefficient (Wildman–Crippen LogP) is 3.54. The molecule has 1 atom stereocenters. The van der Waals surface area contributed by atoms with Gasteiger partial charge in [-0.25, -0.2) is 0 Å². The first kappa shape index (κ1) is 20.7. The summed E-state index contributed by atoms with van der Waals surface area (Å²) in [6, 6.07) is 10.1. The molecule has 1 amide bonds. The van der Waals surface area contributed by atoms with Gasteiger partial charge in [0.1, 0.15) is 6.04 Å². The van der Waals surface area contributed by atoms with Gasteiger partial charge in [0.2, 0.25) is 0 Å². The number of carbonyl (C=O) groups excluding carboxylic acids is 2. The van der Waals surface area contributed by atoms with Gasteiger partial charge in [-0.3, -0.25) is 24.2 Å². The number of halogens is 1. The third kappa shape index (κ3) is 3.57. The second-order valence-electron chi connectivity index (χ2n) is 8.36. The Morgan fingerprint density at radius 3 is 2.62 bits per heavy atom. The molecule has 0 aromatic heterocycles. The average Bonchev–Trinajstić information content (AvgIpc) is 2.76. The highest BCUT2D eigenvalue weighted by atomic mass is 35.5. The highest BCUT2D eigenvalue weighted by Gasteiger charge is 2.43. The molecule has 8 heteroatoms. The molecule has 0 saturated carbocycles. The standard InChI is InChI=1S/C24H22ClN3O4/c25-15-2-1-3-17(12-15)28-19-7-5-14-4-6-18(22(24(28)32)21(14)23(19)31)26-16-8-10-27(11-9-16)13-20(29)30/h1-7,12,16,19,26H,8-11,13H2,(H,29,30). The van der Waals surface area contributed by atoms with Gasteiger partial charge in [0.25, 0.3) is 5.91 Å². The van der Waals surface area contributed by atoms with Gasteiger partial charge in [-0.05, 0) is 42.7 Å². The Bertz CT molecular complexity index is 1150. The third-order valence-corrected chi connectivity index (χ3v) is 6.55. The third-order valence-electron chi connectivity index (χ3n) is 6.31. The van der Waals surface area contributed by atoms with Gasteiger partial charge >= 0.3 is 5.97 Å². The first-order valence-electron chi connectivity index (χ1n) is 10.6. The zero-order valence-electron chi connectivity index (χ0n) is 17.3. The van der Waals surface area contributed by atoms with E-state index in [1.807, 2.05) is 23.1 Å². The van der Waals surface area contributed by atoms with Gasteiger partial charge in [-0.1, -0.05) is 35.9 Å². The largest absolute Gasteiger partial charge is 0.480 e. The van der Waals surface area contributed by atoms with Crippen LogP contribution >= 0.6 is 11.6 Å². The monoisotopic (exact) mass is 451 g/mol. The van der Waals surface area contributed by atoms with Crippen molar-refractivity contribution in [3.05, 3.63) is 64.2 Å². The second kappa shape index (κ2) is 8.07. The Morgan fingerprint density at radius 2 is 1.91 bits per heavy atom. The summed E-state index contributed by atoms with van der Waals surface area (Å²) < 4.78 is 0. The van der Waals surface area contributed by atoms with E-state index in [1.165, 1.54) is 4.90 Å². The van der Waals surface area contributed by atoms with Gasteiger partial charge in [0.15, 0.2) is 5.78 Å². The first-order valence-corrected chi connectivity index (χ1v) is 11.0. The van der Waals surface area contributed by atoms with Crippen molar-refractivity contribution in [2.24, 2.45) is 0 Å². The summed E-state index contributed by atoms with van der Waals surface area (Å²) in [6.45, 7) is 1.36. The van der Waals surface area contributed by atoms with Crippen LogP contribution in [0.25, 0.3) is 6.08 Å². The summed E-state index contributed by atoms with van der Waals surface area (Å²) in [6.07, 6.45) is 5.17. The number of hydrogen-bond donors (Lipinski definition) is 2. The van der Waals surface area contributed by atoms with Crippen LogP contribution < -0.4 is 10.2 Å². The van der Waals surface area contributed by atoms with Crippen LogP contribution in [-0.4, -0.2) is 59.4 Å². The molecule has 2 aromatic rings. The van der Waals surface area contributed by atoms with Crippen molar-refractivity contribution in [1.82, 2.24) is 4.90 Å². The molecule has 2 aromatic carbocycles. The van der Waals surface area contributed by atoms with Crippen LogP contribution in [0, 0.1) is 0 Å². The van der Waals surface area contributed by atoms with E-state index >= 15 is 0 Å². The van der Waals surface area contributed by atoms with Crippen LogP contribution in [0.1, 0.15) is 39.1 Å². The highest BCUT2D eigenvalue weighted by molar-refractivity contribution is 6.31. The van der Waals surface area contributed by atoms with Crippen LogP contribution in [0.15, 0.2) is 42.5 Å². The second-order valence-corrected chi connectivity index (χ2v) is 8.80. The molecule has 32 heavy (non-hydrogen) atoms. The number of nitrogens with zero attached hydrogens (tertiary/aromatic N) is 2. The number of nitrogens with one attached hydrogen (secondary N) is 1. The number of amides is 1. The van der Waals surface area contributed by atoms with E-state index < -0.39 is 12.0 Å². The number of benzene rings is 2. The molecular weight excluding hydrogens is 430 g/mol. The molecule has 1 fully saturated rings. The van der Waals surface area contributed by atoms with Crippen LogP contribution in [0.3, 0.4) is 0 Å². The fraction of sp³-hybridized carbons (Fsp3) is 0.292. The highest BCUT2D eigenvalue weighted by Crippen LogP contribution is 2.39. The van der Waals surface area contributed by atoms with Crippen molar-refractivity contribution in [2.45, 2.75) is 24.9 Å². The fourth-order valence-electron chi connectivity index (χ4n) is 4.80. The van der Waals surface area contributed by atoms with Gasteiger partial charge < -0.3 is 10.4 Å². The molecule has 2 bridgehead atoms. The summed E-state index contributed by atoms with van der Waals surface area (Å²) in [7, 11) is 0. The Labute approximate surface area is 190 Å². The number of aliphatic carboxylic acids is 1. The van der Waals surface area contributed by atoms with E-state index in [0.29, 0.717) is 40.6 Å². The van der Waals surface area contributed by atoms with Crippen molar-refractivity contribution in [3.8, 4) is 0 Å². The summed E-state index contributed by atoms with van der Waals surface area (Å²) in [5, 5.41) is 13.0. The number of carbonyl (C=O) groups is 3. The maximum atomic E-state index is 13.7. The van der Waals surface area contributed by atoms with E-state index in [-0.39, 0.29) is 24.3 Å². The Hall–Kier alpha value is -3.16. The van der Waals surface area contributed by atoms with Gasteiger partial charge in [0, 0.05) is 41.1 Å². The molecule has 1 saturated heterocycles. The number of piperidine rings is 1. The molecule has 5 rings (SSSR count). The number of hydrogen-bond acceptors (Lipinski definition) is 5. The lowest BCUT2D eigenvalue weighted by atomic mass is 9.82. The molecule has 1 unspecified atom stereocenters.